The maximum atomic E-state index is 17.3. The first kappa shape index (κ1) is 42.9. The second-order valence-electron chi connectivity index (χ2n) is 16.4. The molecule has 328 valence electrons. The minimum Gasteiger partial charge on any atom is -0.497 e. The van der Waals surface area contributed by atoms with E-state index < -0.39 is 51.5 Å². The van der Waals surface area contributed by atoms with E-state index in [-0.39, 0.29) is 65.5 Å². The molecule has 4 aromatic carbocycles. The van der Waals surface area contributed by atoms with Crippen molar-refractivity contribution < 1.29 is 50.4 Å². The topological polar surface area (TPSA) is 114 Å². The molecule has 0 radical (unpaired) electrons. The van der Waals surface area contributed by atoms with E-state index in [9.17, 15) is 4.39 Å². The summed E-state index contributed by atoms with van der Waals surface area (Å²) in [5, 5.41) is -0.179. The van der Waals surface area contributed by atoms with Crippen molar-refractivity contribution in [3.8, 4) is 46.0 Å². The van der Waals surface area contributed by atoms with E-state index in [4.69, 9.17) is 44.4 Å². The molecule has 62 heavy (non-hydrogen) atoms. The highest BCUT2D eigenvalue weighted by Gasteiger charge is 2.49. The molecule has 0 saturated carbocycles. The predicted octanol–water partition coefficient (Wildman–Crippen LogP) is 9.88. The van der Waals surface area contributed by atoms with Crippen molar-refractivity contribution >= 4 is 39.6 Å². The summed E-state index contributed by atoms with van der Waals surface area (Å²) in [5.74, 6) is -1.28. The van der Waals surface area contributed by atoms with Gasteiger partial charge in [0.25, 0.3) is 6.01 Å². The van der Waals surface area contributed by atoms with Gasteiger partial charge < -0.3 is 37.7 Å². The second-order valence-corrected chi connectivity index (χ2v) is 16.8. The number of hydrogen-bond donors (Lipinski definition) is 0. The number of alkyl halides is 1. The Balaban J connectivity index is 1.26. The maximum absolute atomic E-state index is 17.3. The van der Waals surface area contributed by atoms with E-state index in [1.807, 2.05) is 0 Å². The fraction of sp³-hybridized carbons (Fsp3) is 0.400. The van der Waals surface area contributed by atoms with Gasteiger partial charge in [0.1, 0.15) is 58.2 Å². The molecule has 2 aliphatic heterocycles. The first-order valence-electron chi connectivity index (χ1n) is 20.0. The third-order valence-corrected chi connectivity index (χ3v) is 11.6. The average Bonchev–Trinajstić information content (AvgIpc) is 3.94. The van der Waals surface area contributed by atoms with E-state index in [2.05, 4.69) is 19.9 Å². The van der Waals surface area contributed by atoms with Crippen molar-refractivity contribution in [2.45, 2.75) is 70.4 Å². The van der Waals surface area contributed by atoms with Crippen LogP contribution in [0.1, 0.15) is 51.2 Å². The summed E-state index contributed by atoms with van der Waals surface area (Å²) in [5.41, 5.74) is -2.04. The Morgan fingerprint density at radius 1 is 0.839 bits per heavy atom. The lowest BCUT2D eigenvalue weighted by molar-refractivity contribution is 0.102. The lowest BCUT2D eigenvalue weighted by Gasteiger charge is -2.31. The average molecular weight is 880 g/mol. The molecule has 12 nitrogen and oxygen atoms in total. The highest BCUT2D eigenvalue weighted by atomic mass is 35.5. The van der Waals surface area contributed by atoms with Crippen LogP contribution < -0.4 is 33.3 Å². The van der Waals surface area contributed by atoms with Gasteiger partial charge in [0, 0.05) is 47.9 Å². The molecule has 2 fully saturated rings. The van der Waals surface area contributed by atoms with Crippen molar-refractivity contribution in [2.24, 2.45) is 0 Å². The standard InChI is InChI=1S/C45H46ClF4N5O7/c1-44(2,3)62-41-29-17-30(46)35(37(50)38(29)51-42(53-41)60-23-45-13-8-14-55(45)22-26(47)19-45)36-31(48)18-32(49)40-39(36)52-43(61-40)54(20-24-9-11-27(56-4)15-33(24)58-6)21-25-10-12-28(57-5)16-34(25)59-7/h9-12,15-18,26H,8,13-14,19-23H2,1-7H3/t26-,45+/m1/s1. The summed E-state index contributed by atoms with van der Waals surface area (Å²) in [6, 6.07) is 12.1. The zero-order valence-electron chi connectivity index (χ0n) is 35.3. The van der Waals surface area contributed by atoms with Gasteiger partial charge in [-0.05, 0) is 70.5 Å². The maximum Gasteiger partial charge on any atom is 0.320 e. The minimum atomic E-state index is -1.16. The molecule has 2 atom stereocenters. The van der Waals surface area contributed by atoms with E-state index in [1.54, 1.807) is 62.1 Å². The summed E-state index contributed by atoms with van der Waals surface area (Å²) in [4.78, 5) is 17.3. The van der Waals surface area contributed by atoms with Crippen molar-refractivity contribution in [1.29, 1.82) is 0 Å². The van der Waals surface area contributed by atoms with Crippen LogP contribution in [0.2, 0.25) is 5.02 Å². The normalized spacial score (nSPS) is 17.7. The van der Waals surface area contributed by atoms with Crippen LogP contribution in [0.4, 0.5) is 23.6 Å². The number of fused-ring (bicyclic) bond motifs is 3. The number of rotatable bonds is 14. The molecule has 8 rings (SSSR count). The number of hydrogen-bond acceptors (Lipinski definition) is 12. The van der Waals surface area contributed by atoms with Crippen molar-refractivity contribution in [3.05, 3.63) is 82.1 Å². The Hall–Kier alpha value is -5.74. The number of methoxy groups -OCH3 is 4. The zero-order valence-corrected chi connectivity index (χ0v) is 36.1. The van der Waals surface area contributed by atoms with Crippen molar-refractivity contribution in [2.75, 3.05) is 53.0 Å². The van der Waals surface area contributed by atoms with Crippen LogP contribution in [0.3, 0.4) is 0 Å². The van der Waals surface area contributed by atoms with Gasteiger partial charge in [-0.15, -0.1) is 0 Å². The third-order valence-electron chi connectivity index (χ3n) is 11.3. The highest BCUT2D eigenvalue weighted by Crippen LogP contribution is 2.45. The number of anilines is 1. The first-order valence-corrected chi connectivity index (χ1v) is 20.4. The molecule has 0 unspecified atom stereocenters. The SMILES string of the molecule is COc1ccc(CN(Cc2ccc(OC)cc2OC)c2nc3c(-c4c(Cl)cc5c(OC(C)(C)C)nc(OC[C@@]67CCCN6C[C@H](F)C7)nc5c4F)c(F)cc(F)c3o2)c(OC)c1. The Morgan fingerprint density at radius 2 is 1.50 bits per heavy atom. The summed E-state index contributed by atoms with van der Waals surface area (Å²) in [6.07, 6.45) is 0.894. The molecule has 0 bridgehead atoms. The molecule has 2 aromatic heterocycles. The van der Waals surface area contributed by atoms with Gasteiger partial charge in [0.2, 0.25) is 5.88 Å². The van der Waals surface area contributed by atoms with Gasteiger partial charge in [-0.1, -0.05) is 11.6 Å². The molecule has 0 aliphatic carbocycles. The largest absolute Gasteiger partial charge is 0.497 e. The summed E-state index contributed by atoms with van der Waals surface area (Å²) in [7, 11) is 6.09. The van der Waals surface area contributed by atoms with Gasteiger partial charge in [-0.2, -0.15) is 15.0 Å². The van der Waals surface area contributed by atoms with Gasteiger partial charge in [-0.3, -0.25) is 4.90 Å². The molecule has 2 saturated heterocycles. The Kier molecular flexibility index (Phi) is 11.7. The van der Waals surface area contributed by atoms with Gasteiger partial charge in [0.15, 0.2) is 17.2 Å². The van der Waals surface area contributed by atoms with Crippen molar-refractivity contribution in [3.63, 3.8) is 0 Å². The number of aromatic nitrogens is 3. The minimum absolute atomic E-state index is 0.0348. The van der Waals surface area contributed by atoms with Crippen LogP contribution in [0.25, 0.3) is 33.1 Å². The fourth-order valence-electron chi connectivity index (χ4n) is 8.40. The molecule has 17 heteroatoms. The lowest BCUT2D eigenvalue weighted by Crippen LogP contribution is -2.43. The summed E-state index contributed by atoms with van der Waals surface area (Å²) < 4.78 is 105. The number of benzene rings is 4. The van der Waals surface area contributed by atoms with Crippen LogP contribution in [0, 0.1) is 17.5 Å². The quantitative estimate of drug-likeness (QED) is 0.0971. The van der Waals surface area contributed by atoms with Crippen molar-refractivity contribution in [1.82, 2.24) is 19.9 Å². The van der Waals surface area contributed by atoms with Gasteiger partial charge in [-0.25, -0.2) is 17.6 Å². The molecule has 0 amide bonds. The lowest BCUT2D eigenvalue weighted by atomic mass is 9.95. The zero-order chi connectivity index (χ0) is 44.1. The molecule has 6 aromatic rings. The predicted molar refractivity (Wildman–Crippen MR) is 225 cm³/mol. The number of halogens is 5. The monoisotopic (exact) mass is 879 g/mol. The Bertz CT molecular complexity index is 2600. The number of ether oxygens (including phenoxy) is 6. The number of nitrogens with zero attached hydrogens (tertiary/aromatic N) is 5. The van der Waals surface area contributed by atoms with Crippen LogP contribution in [0.15, 0.2) is 52.9 Å². The van der Waals surface area contributed by atoms with Gasteiger partial charge in [0.05, 0.1) is 63.0 Å². The van der Waals surface area contributed by atoms with Crippen LogP contribution >= 0.6 is 11.6 Å². The van der Waals surface area contributed by atoms with E-state index in [0.29, 0.717) is 46.7 Å². The number of oxazole rings is 1. The van der Waals surface area contributed by atoms with E-state index in [0.717, 1.165) is 19.4 Å². The van der Waals surface area contributed by atoms with Crippen LogP contribution in [0.5, 0.6) is 34.9 Å². The highest BCUT2D eigenvalue weighted by molar-refractivity contribution is 6.34. The van der Waals surface area contributed by atoms with E-state index in [1.165, 1.54) is 34.5 Å². The fourth-order valence-corrected chi connectivity index (χ4v) is 8.69. The molecule has 0 N–H and O–H groups in total. The Morgan fingerprint density at radius 3 is 2.11 bits per heavy atom. The second kappa shape index (κ2) is 16.9. The first-order chi connectivity index (χ1) is 29.6. The summed E-state index contributed by atoms with van der Waals surface area (Å²) >= 11 is 6.86. The Labute approximate surface area is 360 Å². The molecule has 2 aliphatic rings. The molecule has 0 spiro atoms. The molecular formula is C45H46ClF4N5O7. The van der Waals surface area contributed by atoms with Gasteiger partial charge >= 0.3 is 6.01 Å². The van der Waals surface area contributed by atoms with Crippen LogP contribution in [-0.4, -0.2) is 85.3 Å². The summed E-state index contributed by atoms with van der Waals surface area (Å²) in [6.45, 7) is 6.63. The smallest absolute Gasteiger partial charge is 0.320 e. The molecular weight excluding hydrogens is 834 g/mol. The van der Waals surface area contributed by atoms with Crippen LogP contribution in [-0.2, 0) is 13.1 Å². The van der Waals surface area contributed by atoms with E-state index >= 15 is 13.2 Å². The molecule has 4 heterocycles. The third kappa shape index (κ3) is 8.17.